The molecule has 132 valence electrons. The molecule has 0 aromatic heterocycles. The first kappa shape index (κ1) is 18.7. The van der Waals surface area contributed by atoms with Gasteiger partial charge in [0.05, 0.1) is 12.8 Å². The highest BCUT2D eigenvalue weighted by atomic mass is 16.5. The summed E-state index contributed by atoms with van der Waals surface area (Å²) in [4.78, 5) is 23.8. The van der Waals surface area contributed by atoms with E-state index in [1.807, 2.05) is 25.1 Å². The smallest absolute Gasteiger partial charge is 0.259 e. The Morgan fingerprint density at radius 2 is 2.04 bits per heavy atom. The molecule has 0 atom stereocenters. The van der Waals surface area contributed by atoms with Crippen molar-refractivity contribution in [2.75, 3.05) is 13.2 Å². The van der Waals surface area contributed by atoms with E-state index < -0.39 is 5.91 Å². The molecule has 0 unspecified atom stereocenters. The van der Waals surface area contributed by atoms with Crippen molar-refractivity contribution < 1.29 is 14.3 Å². The molecule has 2 rings (SSSR count). The van der Waals surface area contributed by atoms with Crippen LogP contribution in [0.25, 0.3) is 0 Å². The molecule has 26 heavy (non-hydrogen) atoms. The van der Waals surface area contributed by atoms with Crippen LogP contribution in [-0.4, -0.2) is 31.2 Å². The third-order valence-electron chi connectivity index (χ3n) is 3.31. The van der Waals surface area contributed by atoms with E-state index in [0.717, 1.165) is 5.56 Å². The van der Waals surface area contributed by atoms with Crippen LogP contribution in [0.5, 0.6) is 5.75 Å². The van der Waals surface area contributed by atoms with Crippen LogP contribution in [0.15, 0.2) is 53.6 Å². The number of para-hydroxylation sites is 1. The Balaban J connectivity index is 1.84. The molecule has 2 aromatic carbocycles. The maximum atomic E-state index is 12.0. The van der Waals surface area contributed by atoms with Gasteiger partial charge in [0, 0.05) is 11.1 Å². The van der Waals surface area contributed by atoms with E-state index in [1.165, 1.54) is 6.21 Å². The summed E-state index contributed by atoms with van der Waals surface area (Å²) in [7, 11) is 0. The Morgan fingerprint density at radius 3 is 2.81 bits per heavy atom. The largest absolute Gasteiger partial charge is 0.480 e. The number of benzene rings is 2. The number of terminal acetylenes is 1. The van der Waals surface area contributed by atoms with E-state index in [2.05, 4.69) is 21.8 Å². The summed E-state index contributed by atoms with van der Waals surface area (Å²) in [5.74, 6) is 2.19. The third kappa shape index (κ3) is 5.80. The summed E-state index contributed by atoms with van der Waals surface area (Å²) in [5.41, 5.74) is 4.50. The topological polar surface area (TPSA) is 79.8 Å². The molecule has 0 saturated heterocycles. The lowest BCUT2D eigenvalue weighted by Gasteiger charge is -2.06. The first-order valence-corrected chi connectivity index (χ1v) is 7.92. The number of amides is 2. The molecular formula is C20H19N3O3. The normalized spacial score (nSPS) is 10.2. The van der Waals surface area contributed by atoms with Crippen LogP contribution in [0.2, 0.25) is 0 Å². The Bertz CT molecular complexity index is 853. The minimum Gasteiger partial charge on any atom is -0.480 e. The van der Waals surface area contributed by atoms with Crippen molar-refractivity contribution in [3.05, 3.63) is 65.2 Å². The van der Waals surface area contributed by atoms with Gasteiger partial charge in [0.2, 0.25) is 0 Å². The number of nitrogens with zero attached hydrogens (tertiary/aromatic N) is 1. The van der Waals surface area contributed by atoms with Crippen LogP contribution >= 0.6 is 0 Å². The van der Waals surface area contributed by atoms with Gasteiger partial charge in [-0.05, 0) is 31.2 Å². The zero-order valence-electron chi connectivity index (χ0n) is 14.4. The number of hydrazone groups is 1. The fourth-order valence-corrected chi connectivity index (χ4v) is 2.10. The average molecular weight is 349 g/mol. The third-order valence-corrected chi connectivity index (χ3v) is 3.31. The zero-order valence-corrected chi connectivity index (χ0v) is 14.4. The van der Waals surface area contributed by atoms with E-state index in [-0.39, 0.29) is 19.1 Å². The minimum atomic E-state index is -0.440. The maximum Gasteiger partial charge on any atom is 0.259 e. The highest BCUT2D eigenvalue weighted by molar-refractivity contribution is 5.96. The predicted molar refractivity (Wildman–Crippen MR) is 100 cm³/mol. The Morgan fingerprint density at radius 1 is 1.23 bits per heavy atom. The van der Waals surface area contributed by atoms with E-state index in [0.29, 0.717) is 16.9 Å². The van der Waals surface area contributed by atoms with Crippen molar-refractivity contribution >= 4 is 18.0 Å². The van der Waals surface area contributed by atoms with E-state index in [4.69, 9.17) is 11.2 Å². The number of hydrogen-bond donors (Lipinski definition) is 2. The zero-order chi connectivity index (χ0) is 18.8. The van der Waals surface area contributed by atoms with Crippen molar-refractivity contribution in [2.45, 2.75) is 6.92 Å². The standard InChI is InChI=1S/C20H19N3O3/c1-3-11-26-18-10-5-4-8-17(18)13-22-23-19(24)14-21-20(25)16-9-6-7-15(2)12-16/h1,4-10,12-13H,11,14H2,2H3,(H,21,25)(H,23,24)/b22-13-. The van der Waals surface area contributed by atoms with Crippen molar-refractivity contribution in [3.63, 3.8) is 0 Å². The molecule has 2 aromatic rings. The molecule has 6 nitrogen and oxygen atoms in total. The Hall–Kier alpha value is -3.59. The number of rotatable bonds is 7. The van der Waals surface area contributed by atoms with Gasteiger partial charge in [0.1, 0.15) is 12.4 Å². The van der Waals surface area contributed by atoms with Crippen LogP contribution < -0.4 is 15.5 Å². The monoisotopic (exact) mass is 349 g/mol. The second-order valence-corrected chi connectivity index (χ2v) is 5.38. The van der Waals surface area contributed by atoms with Crippen LogP contribution in [0.3, 0.4) is 0 Å². The van der Waals surface area contributed by atoms with Gasteiger partial charge in [-0.1, -0.05) is 35.7 Å². The van der Waals surface area contributed by atoms with Crippen molar-refractivity contribution in [3.8, 4) is 18.1 Å². The molecular weight excluding hydrogens is 330 g/mol. The SMILES string of the molecule is C#CCOc1ccccc1/C=N\NC(=O)CNC(=O)c1cccc(C)c1. The van der Waals surface area contributed by atoms with E-state index >= 15 is 0 Å². The van der Waals surface area contributed by atoms with E-state index in [1.54, 1.807) is 30.3 Å². The summed E-state index contributed by atoms with van der Waals surface area (Å²) >= 11 is 0. The lowest BCUT2D eigenvalue weighted by molar-refractivity contribution is -0.120. The molecule has 0 aliphatic rings. The quantitative estimate of drug-likeness (QED) is 0.455. The Kier molecular flexibility index (Phi) is 6.95. The molecule has 0 heterocycles. The van der Waals surface area contributed by atoms with Crippen LogP contribution in [0.4, 0.5) is 0 Å². The maximum absolute atomic E-state index is 12.0. The van der Waals surface area contributed by atoms with Crippen LogP contribution in [0, 0.1) is 19.3 Å². The lowest BCUT2D eigenvalue weighted by atomic mass is 10.1. The fraction of sp³-hybridized carbons (Fsp3) is 0.150. The summed E-state index contributed by atoms with van der Waals surface area (Å²) < 4.78 is 5.38. The molecule has 0 spiro atoms. The number of aryl methyl sites for hydroxylation is 1. The minimum absolute atomic E-state index is 0.141. The fourth-order valence-electron chi connectivity index (χ4n) is 2.10. The summed E-state index contributed by atoms with van der Waals surface area (Å²) in [6, 6.07) is 14.3. The van der Waals surface area contributed by atoms with Crippen molar-refractivity contribution in [2.24, 2.45) is 5.10 Å². The molecule has 0 bridgehead atoms. The number of carbonyl (C=O) groups is 2. The molecule has 0 aliphatic heterocycles. The second-order valence-electron chi connectivity index (χ2n) is 5.38. The van der Waals surface area contributed by atoms with E-state index in [9.17, 15) is 9.59 Å². The molecule has 0 radical (unpaired) electrons. The van der Waals surface area contributed by atoms with Gasteiger partial charge in [0.25, 0.3) is 11.8 Å². The summed E-state index contributed by atoms with van der Waals surface area (Å²) in [6.07, 6.45) is 6.62. The molecule has 2 N–H and O–H groups in total. The predicted octanol–water partition coefficient (Wildman–Crippen LogP) is 1.89. The van der Waals surface area contributed by atoms with Gasteiger partial charge in [0.15, 0.2) is 0 Å². The summed E-state index contributed by atoms with van der Waals surface area (Å²) in [6.45, 7) is 1.85. The second kappa shape index (κ2) is 9.64. The van der Waals surface area contributed by atoms with Gasteiger partial charge in [-0.2, -0.15) is 5.10 Å². The Labute approximate surface area is 152 Å². The number of ether oxygens (including phenoxy) is 1. The highest BCUT2D eigenvalue weighted by Crippen LogP contribution is 2.15. The average Bonchev–Trinajstić information content (AvgIpc) is 2.65. The highest BCUT2D eigenvalue weighted by Gasteiger charge is 2.07. The van der Waals surface area contributed by atoms with Crippen LogP contribution in [0.1, 0.15) is 21.5 Å². The number of nitrogens with one attached hydrogen (secondary N) is 2. The first-order valence-electron chi connectivity index (χ1n) is 7.92. The van der Waals surface area contributed by atoms with Gasteiger partial charge < -0.3 is 10.1 Å². The van der Waals surface area contributed by atoms with Gasteiger partial charge >= 0.3 is 0 Å². The van der Waals surface area contributed by atoms with Gasteiger partial charge in [-0.15, -0.1) is 6.42 Å². The summed E-state index contributed by atoms with van der Waals surface area (Å²) in [5, 5.41) is 6.41. The van der Waals surface area contributed by atoms with Crippen molar-refractivity contribution in [1.82, 2.24) is 10.7 Å². The number of carbonyl (C=O) groups excluding carboxylic acids is 2. The molecule has 0 aliphatic carbocycles. The van der Waals surface area contributed by atoms with Crippen LogP contribution in [-0.2, 0) is 4.79 Å². The van der Waals surface area contributed by atoms with Gasteiger partial charge in [-0.3, -0.25) is 9.59 Å². The molecule has 0 saturated carbocycles. The van der Waals surface area contributed by atoms with Gasteiger partial charge in [-0.25, -0.2) is 5.43 Å². The first-order chi connectivity index (χ1) is 12.6. The molecule has 0 fully saturated rings. The van der Waals surface area contributed by atoms with Crippen molar-refractivity contribution in [1.29, 1.82) is 0 Å². The number of hydrogen-bond acceptors (Lipinski definition) is 4. The molecule has 2 amide bonds. The molecule has 6 heteroatoms. The lowest BCUT2D eigenvalue weighted by Crippen LogP contribution is -2.34.